The van der Waals surface area contributed by atoms with E-state index in [2.05, 4.69) is 15.9 Å². The number of rotatable bonds is 2. The largest absolute Gasteiger partial charge is 0.370 e. The number of halogens is 2. The number of ether oxygens (including phenoxy) is 1. The van der Waals surface area contributed by atoms with Gasteiger partial charge in [-0.1, -0.05) is 0 Å². The van der Waals surface area contributed by atoms with Gasteiger partial charge in [-0.05, 0) is 54.8 Å². The van der Waals surface area contributed by atoms with Gasteiger partial charge in [0.1, 0.15) is 5.82 Å². The average molecular weight is 356 g/mol. The predicted molar refractivity (Wildman–Crippen MR) is 79.0 cm³/mol. The second kappa shape index (κ2) is 4.88. The van der Waals surface area contributed by atoms with Crippen molar-refractivity contribution in [2.24, 2.45) is 0 Å². The Balaban J connectivity index is 1.89. The van der Waals surface area contributed by atoms with Crippen LogP contribution in [-0.4, -0.2) is 29.9 Å². The summed E-state index contributed by atoms with van der Waals surface area (Å²) in [5.74, 6) is -1.70. The molecule has 2 heterocycles. The van der Waals surface area contributed by atoms with Crippen molar-refractivity contribution in [2.75, 3.05) is 11.4 Å². The van der Waals surface area contributed by atoms with E-state index in [9.17, 15) is 14.0 Å². The molecule has 4 nitrogen and oxygen atoms in total. The van der Waals surface area contributed by atoms with E-state index >= 15 is 0 Å². The molecule has 0 aliphatic carbocycles. The van der Waals surface area contributed by atoms with Crippen LogP contribution in [0, 0.1) is 5.82 Å². The van der Waals surface area contributed by atoms with Crippen LogP contribution in [0.4, 0.5) is 10.1 Å². The number of carbonyl (C=O) groups is 2. The molecule has 0 saturated carbocycles. The molecule has 112 valence electrons. The van der Waals surface area contributed by atoms with Crippen LogP contribution in [-0.2, 0) is 9.53 Å². The topological polar surface area (TPSA) is 46.6 Å². The molecule has 3 rings (SSSR count). The predicted octanol–water partition coefficient (Wildman–Crippen LogP) is 3.08. The van der Waals surface area contributed by atoms with Crippen molar-refractivity contribution >= 4 is 33.3 Å². The monoisotopic (exact) mass is 355 g/mol. The van der Waals surface area contributed by atoms with E-state index in [1.807, 2.05) is 13.8 Å². The fourth-order valence-corrected chi connectivity index (χ4v) is 3.22. The maximum Gasteiger partial charge on any atom is 0.299 e. The number of nitrogens with zero attached hydrogens (tertiary/aromatic N) is 1. The van der Waals surface area contributed by atoms with Gasteiger partial charge in [0.2, 0.25) is 0 Å². The number of hydrogen-bond donors (Lipinski definition) is 0. The summed E-state index contributed by atoms with van der Waals surface area (Å²) in [6, 6.07) is 2.59. The van der Waals surface area contributed by atoms with Gasteiger partial charge in [0, 0.05) is 0 Å². The molecule has 1 amide bonds. The van der Waals surface area contributed by atoms with E-state index in [-0.39, 0.29) is 28.3 Å². The quantitative estimate of drug-likeness (QED) is 0.766. The smallest absolute Gasteiger partial charge is 0.299 e. The Labute approximate surface area is 130 Å². The Kier molecular flexibility index (Phi) is 3.41. The fourth-order valence-electron chi connectivity index (χ4n) is 2.88. The summed E-state index contributed by atoms with van der Waals surface area (Å²) in [6.07, 6.45) is 1.59. The number of amides is 1. The molecule has 2 aliphatic rings. The zero-order valence-electron chi connectivity index (χ0n) is 11.8. The van der Waals surface area contributed by atoms with Crippen LogP contribution in [0.25, 0.3) is 0 Å². The molecule has 0 spiro atoms. The lowest BCUT2D eigenvalue weighted by Gasteiger charge is -2.23. The van der Waals surface area contributed by atoms with Crippen LogP contribution in [0.3, 0.4) is 0 Å². The van der Waals surface area contributed by atoms with Gasteiger partial charge in [-0.3, -0.25) is 9.59 Å². The summed E-state index contributed by atoms with van der Waals surface area (Å²) in [4.78, 5) is 25.4. The standard InChI is InChI=1S/C15H15BrFNO3/c1-15(2)4-3-8(21-15)7-18-12-6-11(17)10(16)5-9(12)13(19)14(18)20/h5-6,8H,3-4,7H2,1-2H3. The lowest BCUT2D eigenvalue weighted by molar-refractivity contribution is -0.114. The lowest BCUT2D eigenvalue weighted by atomic mass is 10.1. The van der Waals surface area contributed by atoms with Crippen LogP contribution < -0.4 is 4.90 Å². The van der Waals surface area contributed by atoms with Gasteiger partial charge in [-0.25, -0.2) is 4.39 Å². The first kappa shape index (κ1) is 14.7. The highest BCUT2D eigenvalue weighted by Gasteiger charge is 2.40. The maximum atomic E-state index is 13.7. The SMILES string of the molecule is CC1(C)CCC(CN2C(=O)C(=O)c3cc(Br)c(F)cc32)O1. The molecule has 0 bridgehead atoms. The molecule has 1 unspecified atom stereocenters. The minimum atomic E-state index is -0.615. The summed E-state index contributed by atoms with van der Waals surface area (Å²) in [6.45, 7) is 4.27. The van der Waals surface area contributed by atoms with Crippen molar-refractivity contribution in [1.82, 2.24) is 0 Å². The highest BCUT2D eigenvalue weighted by Crippen LogP contribution is 2.36. The first-order chi connectivity index (χ1) is 9.78. The number of Topliss-reactive ketones (excluding diaryl/α,β-unsaturated/α-hetero) is 1. The minimum Gasteiger partial charge on any atom is -0.370 e. The van der Waals surface area contributed by atoms with Crippen LogP contribution in [0.5, 0.6) is 0 Å². The van der Waals surface area contributed by atoms with Crippen LogP contribution in [0.2, 0.25) is 0 Å². The van der Waals surface area contributed by atoms with Crippen molar-refractivity contribution in [2.45, 2.75) is 38.4 Å². The third-order valence-corrected chi connectivity index (χ3v) is 4.56. The summed E-state index contributed by atoms with van der Waals surface area (Å²) in [5.41, 5.74) is 0.357. The van der Waals surface area contributed by atoms with Crippen molar-refractivity contribution < 1.29 is 18.7 Å². The van der Waals surface area contributed by atoms with E-state index in [0.29, 0.717) is 5.69 Å². The summed E-state index contributed by atoms with van der Waals surface area (Å²) in [7, 11) is 0. The van der Waals surface area contributed by atoms with Crippen LogP contribution in [0.1, 0.15) is 37.0 Å². The summed E-state index contributed by atoms with van der Waals surface area (Å²) in [5, 5.41) is 0. The first-order valence-corrected chi connectivity index (χ1v) is 7.61. The molecule has 2 aliphatic heterocycles. The molecular weight excluding hydrogens is 341 g/mol. The highest BCUT2D eigenvalue weighted by molar-refractivity contribution is 9.10. The summed E-state index contributed by atoms with van der Waals surface area (Å²) >= 11 is 3.04. The Bertz CT molecular complexity index is 644. The molecule has 1 aromatic carbocycles. The van der Waals surface area contributed by atoms with Crippen LogP contribution in [0.15, 0.2) is 16.6 Å². The maximum absolute atomic E-state index is 13.7. The molecule has 0 aromatic heterocycles. The Morgan fingerprint density at radius 1 is 1.43 bits per heavy atom. The number of ketones is 1. The number of carbonyl (C=O) groups excluding carboxylic acids is 2. The third-order valence-electron chi connectivity index (χ3n) is 3.95. The van der Waals surface area contributed by atoms with Gasteiger partial charge >= 0.3 is 0 Å². The number of anilines is 1. The Hall–Kier alpha value is -1.27. The van der Waals surface area contributed by atoms with E-state index in [4.69, 9.17) is 4.74 Å². The molecule has 6 heteroatoms. The molecular formula is C15H15BrFNO3. The number of hydrogen-bond acceptors (Lipinski definition) is 3. The molecule has 0 N–H and O–H groups in total. The normalized spacial score (nSPS) is 23.8. The first-order valence-electron chi connectivity index (χ1n) is 6.81. The van der Waals surface area contributed by atoms with Crippen molar-refractivity contribution in [3.63, 3.8) is 0 Å². The van der Waals surface area contributed by atoms with Gasteiger partial charge in [0.15, 0.2) is 0 Å². The van der Waals surface area contributed by atoms with Gasteiger partial charge < -0.3 is 9.64 Å². The molecule has 1 saturated heterocycles. The van der Waals surface area contributed by atoms with Crippen molar-refractivity contribution in [3.05, 3.63) is 28.0 Å². The highest BCUT2D eigenvalue weighted by atomic mass is 79.9. The molecule has 1 aromatic rings. The van der Waals surface area contributed by atoms with Crippen molar-refractivity contribution in [3.8, 4) is 0 Å². The summed E-state index contributed by atoms with van der Waals surface area (Å²) < 4.78 is 19.7. The fraction of sp³-hybridized carbons (Fsp3) is 0.467. The van der Waals surface area contributed by atoms with E-state index in [0.717, 1.165) is 12.8 Å². The Morgan fingerprint density at radius 3 is 2.76 bits per heavy atom. The number of benzene rings is 1. The van der Waals surface area contributed by atoms with Gasteiger partial charge in [0.25, 0.3) is 11.7 Å². The van der Waals surface area contributed by atoms with Gasteiger partial charge in [-0.2, -0.15) is 0 Å². The number of fused-ring (bicyclic) bond motifs is 1. The zero-order valence-corrected chi connectivity index (χ0v) is 13.4. The second-order valence-corrected chi connectivity index (χ2v) is 6.92. The molecule has 21 heavy (non-hydrogen) atoms. The van der Waals surface area contributed by atoms with Gasteiger partial charge in [-0.15, -0.1) is 0 Å². The molecule has 1 atom stereocenters. The molecule has 0 radical (unpaired) electrons. The minimum absolute atomic E-state index is 0.130. The van der Waals surface area contributed by atoms with E-state index in [1.165, 1.54) is 17.0 Å². The lowest BCUT2D eigenvalue weighted by Crippen LogP contribution is -2.37. The van der Waals surface area contributed by atoms with Crippen molar-refractivity contribution in [1.29, 1.82) is 0 Å². The molecule has 1 fully saturated rings. The van der Waals surface area contributed by atoms with Crippen LogP contribution >= 0.6 is 15.9 Å². The second-order valence-electron chi connectivity index (χ2n) is 6.07. The van der Waals surface area contributed by atoms with E-state index < -0.39 is 17.5 Å². The zero-order chi connectivity index (χ0) is 15.4. The van der Waals surface area contributed by atoms with Gasteiger partial charge in [0.05, 0.1) is 34.0 Å². The average Bonchev–Trinajstić information content (AvgIpc) is 2.85. The third kappa shape index (κ3) is 2.51. The Morgan fingerprint density at radius 2 is 2.14 bits per heavy atom. The van der Waals surface area contributed by atoms with E-state index in [1.54, 1.807) is 0 Å².